The molecule has 13 heavy (non-hydrogen) atoms. The number of allylic oxidation sites excluding steroid dienone is 1. The maximum absolute atomic E-state index is 10.3. The molecule has 0 saturated heterocycles. The van der Waals surface area contributed by atoms with Crippen LogP contribution in [0.3, 0.4) is 0 Å². The van der Waals surface area contributed by atoms with Crippen LogP contribution in [0.2, 0.25) is 0 Å². The highest BCUT2D eigenvalue weighted by molar-refractivity contribution is 5.58. The second kappa shape index (κ2) is 4.45. The number of para-hydroxylation sites is 1. The monoisotopic (exact) mass is 176 g/mol. The smallest absolute Gasteiger partial charge is 0.124 e. The van der Waals surface area contributed by atoms with Crippen LogP contribution in [-0.2, 0) is 17.6 Å². The van der Waals surface area contributed by atoms with Crippen molar-refractivity contribution in [2.24, 2.45) is 0 Å². The molecule has 0 fully saturated rings. The molecular weight excluding hydrogens is 164 g/mol. The standard InChI is InChI=1S/C11H12O2/c1-2-4-9-5-3-6-10(7-8-12)11(9)13/h2-3,5-6,8,13H,1,4,7H2. The fraction of sp³-hybridized carbons (Fsp3) is 0.182. The van der Waals surface area contributed by atoms with E-state index in [9.17, 15) is 9.90 Å². The third-order valence-corrected chi connectivity index (χ3v) is 1.87. The van der Waals surface area contributed by atoms with Gasteiger partial charge in [-0.2, -0.15) is 0 Å². The van der Waals surface area contributed by atoms with E-state index in [4.69, 9.17) is 0 Å². The molecule has 0 aromatic heterocycles. The molecule has 0 aliphatic carbocycles. The molecule has 0 bridgehead atoms. The van der Waals surface area contributed by atoms with Gasteiger partial charge in [-0.25, -0.2) is 0 Å². The summed E-state index contributed by atoms with van der Waals surface area (Å²) in [7, 11) is 0. The summed E-state index contributed by atoms with van der Waals surface area (Å²) in [5.41, 5.74) is 1.49. The van der Waals surface area contributed by atoms with E-state index in [1.165, 1.54) is 0 Å². The van der Waals surface area contributed by atoms with Crippen molar-refractivity contribution in [3.05, 3.63) is 42.0 Å². The van der Waals surface area contributed by atoms with Crippen molar-refractivity contribution >= 4 is 6.29 Å². The largest absolute Gasteiger partial charge is 0.507 e. The van der Waals surface area contributed by atoms with Crippen molar-refractivity contribution in [1.82, 2.24) is 0 Å². The molecule has 2 heteroatoms. The average molecular weight is 176 g/mol. The van der Waals surface area contributed by atoms with Crippen LogP contribution in [0.5, 0.6) is 5.75 Å². The number of hydrogen-bond donors (Lipinski definition) is 1. The third-order valence-electron chi connectivity index (χ3n) is 1.87. The van der Waals surface area contributed by atoms with Gasteiger partial charge in [0.15, 0.2) is 0 Å². The molecule has 0 amide bonds. The minimum Gasteiger partial charge on any atom is -0.507 e. The Balaban J connectivity index is 3.02. The molecule has 0 unspecified atom stereocenters. The second-order valence-corrected chi connectivity index (χ2v) is 2.79. The molecule has 0 saturated carbocycles. The number of phenols is 1. The molecule has 1 aromatic rings. The molecule has 0 spiro atoms. The lowest BCUT2D eigenvalue weighted by atomic mass is 10.0. The Kier molecular flexibility index (Phi) is 3.26. The number of aromatic hydroxyl groups is 1. The first-order valence-electron chi connectivity index (χ1n) is 4.14. The van der Waals surface area contributed by atoms with Crippen molar-refractivity contribution in [3.8, 4) is 5.75 Å². The number of benzene rings is 1. The van der Waals surface area contributed by atoms with Gasteiger partial charge in [0.05, 0.1) is 0 Å². The number of rotatable bonds is 4. The fourth-order valence-corrected chi connectivity index (χ4v) is 1.22. The summed E-state index contributed by atoms with van der Waals surface area (Å²) >= 11 is 0. The zero-order valence-electron chi connectivity index (χ0n) is 7.36. The molecule has 2 nitrogen and oxygen atoms in total. The van der Waals surface area contributed by atoms with E-state index in [0.29, 0.717) is 12.0 Å². The Morgan fingerprint density at radius 1 is 1.31 bits per heavy atom. The van der Waals surface area contributed by atoms with Crippen LogP contribution in [0.1, 0.15) is 11.1 Å². The van der Waals surface area contributed by atoms with Gasteiger partial charge in [0.2, 0.25) is 0 Å². The maximum atomic E-state index is 10.3. The van der Waals surface area contributed by atoms with E-state index in [2.05, 4.69) is 6.58 Å². The molecule has 68 valence electrons. The van der Waals surface area contributed by atoms with Gasteiger partial charge in [0, 0.05) is 12.0 Å². The first-order chi connectivity index (χ1) is 6.29. The van der Waals surface area contributed by atoms with Crippen LogP contribution in [0, 0.1) is 0 Å². The van der Waals surface area contributed by atoms with Crippen LogP contribution in [0.15, 0.2) is 30.9 Å². The molecule has 0 aliphatic heterocycles. The lowest BCUT2D eigenvalue weighted by Crippen LogP contribution is -1.90. The molecule has 0 aliphatic rings. The molecule has 0 heterocycles. The first-order valence-corrected chi connectivity index (χ1v) is 4.14. The molecule has 1 N–H and O–H groups in total. The van der Waals surface area contributed by atoms with Crippen molar-refractivity contribution in [3.63, 3.8) is 0 Å². The van der Waals surface area contributed by atoms with E-state index in [-0.39, 0.29) is 12.2 Å². The van der Waals surface area contributed by atoms with Gasteiger partial charge in [0.25, 0.3) is 0 Å². The highest BCUT2D eigenvalue weighted by Crippen LogP contribution is 2.22. The minimum absolute atomic E-state index is 0.217. The quantitative estimate of drug-likeness (QED) is 0.561. The van der Waals surface area contributed by atoms with E-state index < -0.39 is 0 Å². The minimum atomic E-state index is 0.217. The van der Waals surface area contributed by atoms with Gasteiger partial charge in [-0.15, -0.1) is 6.58 Å². The predicted octanol–water partition coefficient (Wildman–Crippen LogP) is 1.86. The zero-order chi connectivity index (χ0) is 9.68. The summed E-state index contributed by atoms with van der Waals surface area (Å²) < 4.78 is 0. The van der Waals surface area contributed by atoms with E-state index in [1.807, 2.05) is 12.1 Å². The van der Waals surface area contributed by atoms with Gasteiger partial charge in [-0.3, -0.25) is 0 Å². The Bertz CT molecular complexity index is 288. The van der Waals surface area contributed by atoms with Gasteiger partial charge in [0.1, 0.15) is 12.0 Å². The summed E-state index contributed by atoms with van der Waals surface area (Å²) in [4.78, 5) is 10.3. The number of phenolic OH excluding ortho intramolecular Hbond substituents is 1. The summed E-state index contributed by atoms with van der Waals surface area (Å²) in [5.74, 6) is 0.217. The highest BCUT2D eigenvalue weighted by atomic mass is 16.3. The van der Waals surface area contributed by atoms with Gasteiger partial charge in [-0.1, -0.05) is 24.3 Å². The van der Waals surface area contributed by atoms with Gasteiger partial charge in [-0.05, 0) is 12.0 Å². The van der Waals surface area contributed by atoms with Crippen LogP contribution in [0.25, 0.3) is 0 Å². The summed E-state index contributed by atoms with van der Waals surface area (Å²) in [6.07, 6.45) is 3.39. The van der Waals surface area contributed by atoms with Crippen LogP contribution >= 0.6 is 0 Å². The molecule has 0 atom stereocenters. The Morgan fingerprint density at radius 2 is 1.92 bits per heavy atom. The second-order valence-electron chi connectivity index (χ2n) is 2.79. The highest BCUT2D eigenvalue weighted by Gasteiger charge is 2.04. The Morgan fingerprint density at radius 3 is 2.46 bits per heavy atom. The van der Waals surface area contributed by atoms with Crippen molar-refractivity contribution in [2.45, 2.75) is 12.8 Å². The first kappa shape index (κ1) is 9.52. The van der Waals surface area contributed by atoms with Crippen LogP contribution < -0.4 is 0 Å². The van der Waals surface area contributed by atoms with Gasteiger partial charge < -0.3 is 9.90 Å². The molecular formula is C11H12O2. The van der Waals surface area contributed by atoms with Crippen molar-refractivity contribution in [1.29, 1.82) is 0 Å². The number of hydrogen-bond acceptors (Lipinski definition) is 2. The summed E-state index contributed by atoms with van der Waals surface area (Å²) in [6, 6.07) is 5.40. The van der Waals surface area contributed by atoms with E-state index >= 15 is 0 Å². The summed E-state index contributed by atoms with van der Waals surface area (Å²) in [5, 5.41) is 9.64. The molecule has 1 aromatic carbocycles. The zero-order valence-corrected chi connectivity index (χ0v) is 7.36. The van der Waals surface area contributed by atoms with E-state index in [1.54, 1.807) is 12.1 Å². The van der Waals surface area contributed by atoms with Crippen molar-refractivity contribution < 1.29 is 9.90 Å². The SMILES string of the molecule is C=CCc1cccc(CC=O)c1O. The normalized spacial score (nSPS) is 9.54. The van der Waals surface area contributed by atoms with E-state index in [0.717, 1.165) is 11.8 Å². The summed E-state index contributed by atoms with van der Waals surface area (Å²) in [6.45, 7) is 3.59. The fourth-order valence-electron chi connectivity index (χ4n) is 1.22. The number of aldehydes is 1. The number of carbonyl (C=O) groups is 1. The Labute approximate surface area is 77.5 Å². The van der Waals surface area contributed by atoms with Crippen LogP contribution in [-0.4, -0.2) is 11.4 Å². The van der Waals surface area contributed by atoms with Crippen LogP contribution in [0.4, 0.5) is 0 Å². The third kappa shape index (κ3) is 2.18. The Hall–Kier alpha value is -1.57. The lowest BCUT2D eigenvalue weighted by molar-refractivity contribution is -0.107. The maximum Gasteiger partial charge on any atom is 0.124 e. The predicted molar refractivity (Wildman–Crippen MR) is 51.8 cm³/mol. The average Bonchev–Trinajstić information content (AvgIpc) is 2.13. The number of carbonyl (C=O) groups excluding carboxylic acids is 1. The van der Waals surface area contributed by atoms with Crippen molar-refractivity contribution in [2.75, 3.05) is 0 Å². The van der Waals surface area contributed by atoms with Gasteiger partial charge >= 0.3 is 0 Å². The topological polar surface area (TPSA) is 37.3 Å². The molecule has 1 rings (SSSR count). The molecule has 0 radical (unpaired) electrons. The lowest BCUT2D eigenvalue weighted by Gasteiger charge is -2.05.